The van der Waals surface area contributed by atoms with Crippen LogP contribution in [0.25, 0.3) is 0 Å². The zero-order valence-corrected chi connectivity index (χ0v) is 13.9. The Kier molecular flexibility index (Phi) is 8.06. The van der Waals surface area contributed by atoms with Crippen LogP contribution in [0.5, 0.6) is 0 Å². The number of hydrogen-bond donors (Lipinski definition) is 2. The maximum atomic E-state index is 11.6. The lowest BCUT2D eigenvalue weighted by atomic mass is 10.0. The molecule has 0 heterocycles. The van der Waals surface area contributed by atoms with Gasteiger partial charge in [-0.3, -0.25) is 4.79 Å². The van der Waals surface area contributed by atoms with Crippen molar-refractivity contribution >= 4 is 5.91 Å². The van der Waals surface area contributed by atoms with Crippen molar-refractivity contribution in [1.29, 1.82) is 0 Å². The number of amides is 1. The number of nitrogens with one attached hydrogen (secondary N) is 2. The minimum absolute atomic E-state index is 0.128. The summed E-state index contributed by atoms with van der Waals surface area (Å²) in [6.07, 6.45) is 1.67. The molecule has 0 fully saturated rings. The smallest absolute Gasteiger partial charge is 0.221 e. The SMILES string of the molecule is CC(C)CNC(=O)CCNCc1ccc(CC(C)C)cc1. The third kappa shape index (κ3) is 8.51. The molecule has 0 unspecified atom stereocenters. The van der Waals surface area contributed by atoms with Gasteiger partial charge in [0.15, 0.2) is 0 Å². The molecule has 0 aliphatic heterocycles. The monoisotopic (exact) mass is 290 g/mol. The van der Waals surface area contributed by atoms with Crippen LogP contribution in [0, 0.1) is 11.8 Å². The Morgan fingerprint density at radius 3 is 2.19 bits per heavy atom. The Balaban J connectivity index is 2.19. The second-order valence-electron chi connectivity index (χ2n) is 6.54. The van der Waals surface area contributed by atoms with E-state index in [1.54, 1.807) is 0 Å². The summed E-state index contributed by atoms with van der Waals surface area (Å²) in [5, 5.41) is 6.25. The number of benzene rings is 1. The van der Waals surface area contributed by atoms with Crippen molar-refractivity contribution in [2.24, 2.45) is 11.8 Å². The van der Waals surface area contributed by atoms with Crippen molar-refractivity contribution in [2.75, 3.05) is 13.1 Å². The largest absolute Gasteiger partial charge is 0.356 e. The van der Waals surface area contributed by atoms with Crippen LogP contribution >= 0.6 is 0 Å². The summed E-state index contributed by atoms with van der Waals surface area (Å²) in [4.78, 5) is 11.6. The quantitative estimate of drug-likeness (QED) is 0.686. The summed E-state index contributed by atoms with van der Waals surface area (Å²) >= 11 is 0. The Morgan fingerprint density at radius 1 is 1.00 bits per heavy atom. The van der Waals surface area contributed by atoms with E-state index in [4.69, 9.17) is 0 Å². The Morgan fingerprint density at radius 2 is 1.62 bits per heavy atom. The van der Waals surface area contributed by atoms with Crippen LogP contribution in [0.15, 0.2) is 24.3 Å². The highest BCUT2D eigenvalue weighted by Gasteiger charge is 2.02. The molecule has 0 aliphatic carbocycles. The fraction of sp³-hybridized carbons (Fsp3) is 0.611. The lowest BCUT2D eigenvalue weighted by Gasteiger charge is -2.09. The molecule has 0 saturated heterocycles. The predicted molar refractivity (Wildman–Crippen MR) is 89.2 cm³/mol. The molecule has 1 aromatic rings. The van der Waals surface area contributed by atoms with Crippen LogP contribution in [0.4, 0.5) is 0 Å². The van der Waals surface area contributed by atoms with Gasteiger partial charge in [0.1, 0.15) is 0 Å². The van der Waals surface area contributed by atoms with E-state index in [1.807, 2.05) is 0 Å². The van der Waals surface area contributed by atoms with E-state index < -0.39 is 0 Å². The fourth-order valence-corrected chi connectivity index (χ4v) is 2.11. The standard InChI is InChI=1S/C18H30N2O/c1-14(2)11-16-5-7-17(8-6-16)13-19-10-9-18(21)20-12-15(3)4/h5-8,14-15,19H,9-13H2,1-4H3,(H,20,21). The van der Waals surface area contributed by atoms with Crippen molar-refractivity contribution in [1.82, 2.24) is 10.6 Å². The summed E-state index contributed by atoms with van der Waals surface area (Å²) < 4.78 is 0. The second-order valence-corrected chi connectivity index (χ2v) is 6.54. The first kappa shape index (κ1) is 17.7. The molecule has 118 valence electrons. The van der Waals surface area contributed by atoms with Gasteiger partial charge in [-0.05, 0) is 29.4 Å². The van der Waals surface area contributed by atoms with Gasteiger partial charge in [-0.25, -0.2) is 0 Å². The highest BCUT2D eigenvalue weighted by molar-refractivity contribution is 5.76. The summed E-state index contributed by atoms with van der Waals surface area (Å²) in [6.45, 7) is 11.0. The van der Waals surface area contributed by atoms with E-state index in [1.165, 1.54) is 11.1 Å². The molecule has 0 atom stereocenters. The summed E-state index contributed by atoms with van der Waals surface area (Å²) in [5.74, 6) is 1.33. The lowest BCUT2D eigenvalue weighted by molar-refractivity contribution is -0.121. The first-order chi connectivity index (χ1) is 9.97. The van der Waals surface area contributed by atoms with Crippen LogP contribution in [-0.4, -0.2) is 19.0 Å². The molecule has 0 aliphatic rings. The second kappa shape index (κ2) is 9.56. The Hall–Kier alpha value is -1.35. The van der Waals surface area contributed by atoms with Gasteiger partial charge in [-0.1, -0.05) is 52.0 Å². The van der Waals surface area contributed by atoms with E-state index in [0.717, 1.165) is 26.1 Å². The van der Waals surface area contributed by atoms with Crippen LogP contribution in [0.2, 0.25) is 0 Å². The average Bonchev–Trinajstić information content (AvgIpc) is 2.42. The molecule has 3 heteroatoms. The van der Waals surface area contributed by atoms with Crippen LogP contribution in [-0.2, 0) is 17.8 Å². The van der Waals surface area contributed by atoms with Gasteiger partial charge in [0.05, 0.1) is 0 Å². The normalized spacial score (nSPS) is 11.1. The van der Waals surface area contributed by atoms with Crippen LogP contribution in [0.3, 0.4) is 0 Å². The predicted octanol–water partition coefficient (Wildman–Crippen LogP) is 3.14. The van der Waals surface area contributed by atoms with Gasteiger partial charge < -0.3 is 10.6 Å². The molecule has 21 heavy (non-hydrogen) atoms. The molecular weight excluding hydrogens is 260 g/mol. The number of rotatable bonds is 9. The molecule has 1 rings (SSSR count). The van der Waals surface area contributed by atoms with E-state index in [-0.39, 0.29) is 5.91 Å². The Labute approximate surface area is 129 Å². The maximum absolute atomic E-state index is 11.6. The van der Waals surface area contributed by atoms with Crippen molar-refractivity contribution in [3.8, 4) is 0 Å². The van der Waals surface area contributed by atoms with E-state index >= 15 is 0 Å². The van der Waals surface area contributed by atoms with Crippen molar-refractivity contribution < 1.29 is 4.79 Å². The first-order valence-corrected chi connectivity index (χ1v) is 8.02. The zero-order chi connectivity index (χ0) is 15.7. The maximum Gasteiger partial charge on any atom is 0.221 e. The summed E-state index contributed by atoms with van der Waals surface area (Å²) in [6, 6.07) is 8.74. The summed E-state index contributed by atoms with van der Waals surface area (Å²) in [7, 11) is 0. The molecule has 1 amide bonds. The minimum Gasteiger partial charge on any atom is -0.356 e. The van der Waals surface area contributed by atoms with Crippen LogP contribution in [0.1, 0.15) is 45.2 Å². The molecule has 0 aromatic heterocycles. The molecule has 3 nitrogen and oxygen atoms in total. The van der Waals surface area contributed by atoms with Gasteiger partial charge in [0, 0.05) is 26.1 Å². The molecule has 0 saturated carbocycles. The minimum atomic E-state index is 0.128. The van der Waals surface area contributed by atoms with Gasteiger partial charge in [-0.2, -0.15) is 0 Å². The van der Waals surface area contributed by atoms with Crippen LogP contribution < -0.4 is 10.6 Å². The lowest BCUT2D eigenvalue weighted by Crippen LogP contribution is -2.30. The van der Waals surface area contributed by atoms with Gasteiger partial charge in [0.25, 0.3) is 0 Å². The molecule has 0 bridgehead atoms. The molecule has 0 spiro atoms. The number of carbonyl (C=O) groups is 1. The first-order valence-electron chi connectivity index (χ1n) is 8.02. The third-order valence-corrected chi connectivity index (χ3v) is 3.23. The zero-order valence-electron chi connectivity index (χ0n) is 13.9. The summed E-state index contributed by atoms with van der Waals surface area (Å²) in [5.41, 5.74) is 2.66. The Bertz CT molecular complexity index is 410. The van der Waals surface area contributed by atoms with Gasteiger partial charge in [-0.15, -0.1) is 0 Å². The fourth-order valence-electron chi connectivity index (χ4n) is 2.11. The van der Waals surface area contributed by atoms with Crippen molar-refractivity contribution in [3.05, 3.63) is 35.4 Å². The van der Waals surface area contributed by atoms with E-state index in [0.29, 0.717) is 18.3 Å². The number of hydrogen-bond acceptors (Lipinski definition) is 2. The molecule has 2 N–H and O–H groups in total. The van der Waals surface area contributed by atoms with E-state index in [9.17, 15) is 4.79 Å². The molecule has 1 aromatic carbocycles. The topological polar surface area (TPSA) is 41.1 Å². The molecular formula is C18H30N2O. The highest BCUT2D eigenvalue weighted by atomic mass is 16.1. The van der Waals surface area contributed by atoms with Gasteiger partial charge >= 0.3 is 0 Å². The van der Waals surface area contributed by atoms with Crippen molar-refractivity contribution in [3.63, 3.8) is 0 Å². The third-order valence-electron chi connectivity index (χ3n) is 3.23. The van der Waals surface area contributed by atoms with Crippen molar-refractivity contribution in [2.45, 2.75) is 47.1 Å². The average molecular weight is 290 g/mol. The van der Waals surface area contributed by atoms with Gasteiger partial charge in [0.2, 0.25) is 5.91 Å². The number of carbonyl (C=O) groups excluding carboxylic acids is 1. The van der Waals surface area contributed by atoms with E-state index in [2.05, 4.69) is 62.6 Å². The molecule has 0 radical (unpaired) electrons. The highest BCUT2D eigenvalue weighted by Crippen LogP contribution is 2.09.